The van der Waals surface area contributed by atoms with E-state index in [2.05, 4.69) is 36.6 Å². The van der Waals surface area contributed by atoms with Crippen LogP contribution in [0.25, 0.3) is 0 Å². The maximum atomic E-state index is 5.79. The highest BCUT2D eigenvalue weighted by Crippen LogP contribution is 2.28. The second kappa shape index (κ2) is 5.85. The predicted octanol–water partition coefficient (Wildman–Crippen LogP) is 2.60. The highest BCUT2D eigenvalue weighted by Gasteiger charge is 2.25. The van der Waals surface area contributed by atoms with Gasteiger partial charge in [-0.05, 0) is 13.0 Å². The lowest BCUT2D eigenvalue weighted by molar-refractivity contribution is 0.202. The lowest BCUT2D eigenvalue weighted by Gasteiger charge is -2.37. The van der Waals surface area contributed by atoms with Crippen LogP contribution in [-0.2, 0) is 6.54 Å². The van der Waals surface area contributed by atoms with Gasteiger partial charge in [0.25, 0.3) is 0 Å². The van der Waals surface area contributed by atoms with Gasteiger partial charge < -0.3 is 10.5 Å². The Hall–Kier alpha value is -0.870. The largest absolute Gasteiger partial charge is 0.496 e. The Morgan fingerprint density at radius 2 is 2.22 bits per heavy atom. The summed E-state index contributed by atoms with van der Waals surface area (Å²) >= 11 is 2.06. The Morgan fingerprint density at radius 1 is 1.44 bits per heavy atom. The molecule has 1 fully saturated rings. The predicted molar refractivity (Wildman–Crippen MR) is 79.2 cm³/mol. The number of nitrogen functional groups attached to an aromatic ring is 1. The molecule has 0 saturated carbocycles. The molecule has 3 nitrogen and oxygen atoms in total. The quantitative estimate of drug-likeness (QED) is 0.854. The van der Waals surface area contributed by atoms with Gasteiger partial charge in [0.15, 0.2) is 0 Å². The van der Waals surface area contributed by atoms with Crippen molar-refractivity contribution in [2.75, 3.05) is 25.1 Å². The van der Waals surface area contributed by atoms with Crippen molar-refractivity contribution >= 4 is 17.4 Å². The molecule has 0 spiro atoms. The molecule has 2 N–H and O–H groups in total. The Balaban J connectivity index is 2.13. The van der Waals surface area contributed by atoms with Crippen LogP contribution in [0.2, 0.25) is 0 Å². The number of hydrogen-bond acceptors (Lipinski definition) is 4. The summed E-state index contributed by atoms with van der Waals surface area (Å²) in [5, 5.41) is 0.693. The van der Waals surface area contributed by atoms with Crippen LogP contribution in [-0.4, -0.2) is 35.6 Å². The van der Waals surface area contributed by atoms with E-state index < -0.39 is 0 Å². The van der Waals surface area contributed by atoms with Gasteiger partial charge in [-0.2, -0.15) is 11.8 Å². The molecule has 0 bridgehead atoms. The number of ether oxygens (including phenoxy) is 1. The highest BCUT2D eigenvalue weighted by atomic mass is 32.2. The van der Waals surface area contributed by atoms with Crippen molar-refractivity contribution in [1.29, 1.82) is 0 Å². The minimum absolute atomic E-state index is 0.603. The van der Waals surface area contributed by atoms with Crippen LogP contribution >= 0.6 is 11.8 Å². The van der Waals surface area contributed by atoms with Gasteiger partial charge in [-0.15, -0.1) is 0 Å². The molecule has 2 atom stereocenters. The second-order valence-electron chi connectivity index (χ2n) is 4.86. The lowest BCUT2D eigenvalue weighted by Crippen LogP contribution is -2.43. The molecule has 1 aliphatic heterocycles. The number of benzene rings is 1. The number of nitrogens with two attached hydrogens (primary N) is 1. The summed E-state index contributed by atoms with van der Waals surface area (Å²) in [6, 6.07) is 6.53. The molecule has 4 heteroatoms. The molecule has 100 valence electrons. The number of rotatable bonds is 3. The van der Waals surface area contributed by atoms with Gasteiger partial charge in [-0.1, -0.05) is 13.0 Å². The molecule has 0 amide bonds. The van der Waals surface area contributed by atoms with Crippen LogP contribution in [0.1, 0.15) is 19.4 Å². The van der Waals surface area contributed by atoms with E-state index in [9.17, 15) is 0 Å². The lowest BCUT2D eigenvalue weighted by atomic mass is 10.1. The summed E-state index contributed by atoms with van der Waals surface area (Å²) in [7, 11) is 1.70. The molecule has 1 aromatic rings. The maximum Gasteiger partial charge on any atom is 0.125 e. The molecule has 1 aromatic carbocycles. The van der Waals surface area contributed by atoms with Crippen molar-refractivity contribution < 1.29 is 4.74 Å². The molecular formula is C14H22N2OS. The first kappa shape index (κ1) is 13.6. The van der Waals surface area contributed by atoms with E-state index >= 15 is 0 Å². The molecule has 2 unspecified atom stereocenters. The first-order valence-corrected chi connectivity index (χ1v) is 7.44. The minimum atomic E-state index is 0.603. The summed E-state index contributed by atoms with van der Waals surface area (Å²) in [6.07, 6.45) is 0. The standard InChI is InChI=1S/C14H22N2OS/c1-10-11(2)18-7-6-16(10)9-12-4-5-13(15)8-14(12)17-3/h4-5,8,10-11H,6-7,9,15H2,1-3H3. The topological polar surface area (TPSA) is 38.5 Å². The van der Waals surface area contributed by atoms with Crippen LogP contribution in [0.15, 0.2) is 18.2 Å². The fourth-order valence-electron chi connectivity index (χ4n) is 2.33. The van der Waals surface area contributed by atoms with Crippen molar-refractivity contribution in [3.8, 4) is 5.75 Å². The van der Waals surface area contributed by atoms with Gasteiger partial charge in [-0.25, -0.2) is 0 Å². The van der Waals surface area contributed by atoms with E-state index in [1.54, 1.807) is 7.11 Å². The normalized spacial score (nSPS) is 25.1. The molecule has 18 heavy (non-hydrogen) atoms. The summed E-state index contributed by atoms with van der Waals surface area (Å²) in [6.45, 7) is 6.70. The fraction of sp³-hybridized carbons (Fsp3) is 0.571. The second-order valence-corrected chi connectivity index (χ2v) is 6.34. The zero-order chi connectivity index (χ0) is 13.1. The van der Waals surface area contributed by atoms with Gasteiger partial charge >= 0.3 is 0 Å². The van der Waals surface area contributed by atoms with Gasteiger partial charge in [0.2, 0.25) is 0 Å². The fourth-order valence-corrected chi connectivity index (χ4v) is 3.49. The van der Waals surface area contributed by atoms with Crippen molar-refractivity contribution in [2.45, 2.75) is 31.7 Å². The van der Waals surface area contributed by atoms with Crippen molar-refractivity contribution in [2.24, 2.45) is 0 Å². The molecular weight excluding hydrogens is 244 g/mol. The van der Waals surface area contributed by atoms with Gasteiger partial charge in [0.05, 0.1) is 7.11 Å². The highest BCUT2D eigenvalue weighted by molar-refractivity contribution is 8.00. The zero-order valence-electron chi connectivity index (χ0n) is 11.3. The van der Waals surface area contributed by atoms with Gasteiger partial charge in [0.1, 0.15) is 5.75 Å². The van der Waals surface area contributed by atoms with Crippen molar-refractivity contribution in [1.82, 2.24) is 4.90 Å². The SMILES string of the molecule is COc1cc(N)ccc1CN1CCSC(C)C1C. The van der Waals surface area contributed by atoms with Crippen LogP contribution in [0.4, 0.5) is 5.69 Å². The van der Waals surface area contributed by atoms with Crippen LogP contribution in [0.3, 0.4) is 0 Å². The summed E-state index contributed by atoms with van der Waals surface area (Å²) in [5.41, 5.74) is 7.76. The Morgan fingerprint density at radius 3 is 2.94 bits per heavy atom. The van der Waals surface area contributed by atoms with Crippen molar-refractivity contribution in [3.63, 3.8) is 0 Å². The van der Waals surface area contributed by atoms with E-state index in [0.717, 1.165) is 24.5 Å². The average Bonchev–Trinajstić information content (AvgIpc) is 2.37. The van der Waals surface area contributed by atoms with E-state index in [0.29, 0.717) is 11.3 Å². The van der Waals surface area contributed by atoms with Crippen LogP contribution in [0.5, 0.6) is 5.75 Å². The maximum absolute atomic E-state index is 5.79. The third-order valence-corrected chi connectivity index (χ3v) is 5.04. The summed E-state index contributed by atoms with van der Waals surface area (Å²) < 4.78 is 5.42. The van der Waals surface area contributed by atoms with Gasteiger partial charge in [0, 0.05) is 47.5 Å². The molecule has 1 heterocycles. The van der Waals surface area contributed by atoms with Gasteiger partial charge in [-0.3, -0.25) is 4.90 Å². The molecule has 1 aliphatic rings. The van der Waals surface area contributed by atoms with E-state index in [4.69, 9.17) is 10.5 Å². The Bertz CT molecular complexity index is 411. The third-order valence-electron chi connectivity index (χ3n) is 3.70. The molecule has 2 rings (SSSR count). The van der Waals surface area contributed by atoms with E-state index in [-0.39, 0.29) is 0 Å². The number of hydrogen-bond donors (Lipinski definition) is 1. The minimum Gasteiger partial charge on any atom is -0.496 e. The Labute approximate surface area is 114 Å². The third kappa shape index (κ3) is 2.93. The monoisotopic (exact) mass is 266 g/mol. The molecule has 1 saturated heterocycles. The molecule has 0 aliphatic carbocycles. The zero-order valence-corrected chi connectivity index (χ0v) is 12.2. The first-order chi connectivity index (χ1) is 8.61. The number of thioether (sulfide) groups is 1. The molecule has 0 aromatic heterocycles. The summed E-state index contributed by atoms with van der Waals surface area (Å²) in [5.74, 6) is 2.11. The van der Waals surface area contributed by atoms with E-state index in [1.165, 1.54) is 11.3 Å². The summed E-state index contributed by atoms with van der Waals surface area (Å²) in [4.78, 5) is 2.52. The molecule has 0 radical (unpaired) electrons. The number of methoxy groups -OCH3 is 1. The average molecular weight is 266 g/mol. The number of nitrogens with zero attached hydrogens (tertiary/aromatic N) is 1. The first-order valence-electron chi connectivity index (χ1n) is 6.40. The number of anilines is 1. The Kier molecular flexibility index (Phi) is 4.40. The van der Waals surface area contributed by atoms with Crippen LogP contribution in [0, 0.1) is 0 Å². The smallest absolute Gasteiger partial charge is 0.125 e. The van der Waals surface area contributed by atoms with Crippen LogP contribution < -0.4 is 10.5 Å². The van der Waals surface area contributed by atoms with E-state index in [1.807, 2.05) is 12.1 Å². The van der Waals surface area contributed by atoms with Crippen molar-refractivity contribution in [3.05, 3.63) is 23.8 Å².